The number of halogens is 2. The largest absolute Gasteiger partial charge is 0.480 e. The predicted octanol–water partition coefficient (Wildman–Crippen LogP) is 2.01. The number of aliphatic hydroxyl groups excluding tert-OH is 1. The summed E-state index contributed by atoms with van der Waals surface area (Å²) in [5, 5.41) is 17.6. The summed E-state index contributed by atoms with van der Waals surface area (Å²) in [5.74, 6) is -0.676. The van der Waals surface area contributed by atoms with Crippen molar-refractivity contribution in [3.8, 4) is 5.75 Å². The molecule has 0 saturated carbocycles. The van der Waals surface area contributed by atoms with Crippen LogP contribution in [0.15, 0.2) is 16.6 Å². The standard InChI is InChI=1S/C9H8BrIO4/c10-7-2-6(11)1-5(3-12)9(7)15-4-8(13)14/h1-2,12H,3-4H2,(H,13,14). The third kappa shape index (κ3) is 3.62. The van der Waals surface area contributed by atoms with Crippen molar-refractivity contribution in [1.82, 2.24) is 0 Å². The zero-order valence-electron chi connectivity index (χ0n) is 7.54. The first kappa shape index (κ1) is 12.7. The van der Waals surface area contributed by atoms with Crippen molar-refractivity contribution >= 4 is 44.5 Å². The Balaban J connectivity index is 2.98. The third-order valence-corrected chi connectivity index (χ3v) is 2.81. The topological polar surface area (TPSA) is 66.8 Å². The van der Waals surface area contributed by atoms with E-state index in [0.717, 1.165) is 3.57 Å². The van der Waals surface area contributed by atoms with E-state index < -0.39 is 12.6 Å². The van der Waals surface area contributed by atoms with Gasteiger partial charge in [0.25, 0.3) is 0 Å². The maximum absolute atomic E-state index is 10.3. The van der Waals surface area contributed by atoms with E-state index in [1.54, 1.807) is 12.1 Å². The summed E-state index contributed by atoms with van der Waals surface area (Å²) in [6.07, 6.45) is 0. The Labute approximate surface area is 109 Å². The molecule has 0 saturated heterocycles. The van der Waals surface area contributed by atoms with E-state index in [2.05, 4.69) is 38.5 Å². The fraction of sp³-hybridized carbons (Fsp3) is 0.222. The van der Waals surface area contributed by atoms with Gasteiger partial charge in [0.2, 0.25) is 0 Å². The number of hydrogen-bond donors (Lipinski definition) is 2. The Morgan fingerprint density at radius 3 is 2.73 bits per heavy atom. The Morgan fingerprint density at radius 2 is 2.20 bits per heavy atom. The van der Waals surface area contributed by atoms with Crippen LogP contribution in [0.5, 0.6) is 5.75 Å². The molecule has 1 aromatic rings. The molecular weight excluding hydrogens is 379 g/mol. The van der Waals surface area contributed by atoms with E-state index in [0.29, 0.717) is 15.8 Å². The summed E-state index contributed by atoms with van der Waals surface area (Å²) < 4.78 is 6.64. The average Bonchev–Trinajstić information content (AvgIpc) is 2.14. The molecule has 0 aliphatic heterocycles. The number of aliphatic hydroxyl groups is 1. The van der Waals surface area contributed by atoms with Gasteiger partial charge in [0.1, 0.15) is 5.75 Å². The number of aliphatic carboxylic acids is 1. The molecule has 0 bridgehead atoms. The number of hydrogen-bond acceptors (Lipinski definition) is 3. The highest BCUT2D eigenvalue weighted by molar-refractivity contribution is 14.1. The van der Waals surface area contributed by atoms with Gasteiger partial charge >= 0.3 is 5.97 Å². The Morgan fingerprint density at radius 1 is 1.53 bits per heavy atom. The molecule has 0 unspecified atom stereocenters. The average molecular weight is 387 g/mol. The molecule has 6 heteroatoms. The van der Waals surface area contributed by atoms with Crippen LogP contribution in [0.4, 0.5) is 0 Å². The molecule has 0 fully saturated rings. The first-order chi connectivity index (χ1) is 7.04. The van der Waals surface area contributed by atoms with E-state index in [4.69, 9.17) is 14.9 Å². The summed E-state index contributed by atoms with van der Waals surface area (Å²) in [7, 11) is 0. The van der Waals surface area contributed by atoms with Crippen molar-refractivity contribution in [3.05, 3.63) is 25.7 Å². The molecular formula is C9H8BrIO4. The Bertz CT molecular complexity index is 381. The first-order valence-corrected chi connectivity index (χ1v) is 5.85. The van der Waals surface area contributed by atoms with Gasteiger partial charge in [0.15, 0.2) is 6.61 Å². The zero-order valence-corrected chi connectivity index (χ0v) is 11.3. The van der Waals surface area contributed by atoms with E-state index in [-0.39, 0.29) is 6.61 Å². The lowest BCUT2D eigenvalue weighted by Crippen LogP contribution is -2.11. The van der Waals surface area contributed by atoms with Crippen LogP contribution in [0.2, 0.25) is 0 Å². The van der Waals surface area contributed by atoms with Crippen molar-refractivity contribution in [1.29, 1.82) is 0 Å². The number of carboxylic acids is 1. The maximum Gasteiger partial charge on any atom is 0.341 e. The van der Waals surface area contributed by atoms with E-state index in [1.807, 2.05) is 0 Å². The molecule has 0 aromatic heterocycles. The van der Waals surface area contributed by atoms with Crippen molar-refractivity contribution in [2.45, 2.75) is 6.61 Å². The van der Waals surface area contributed by atoms with Crippen molar-refractivity contribution < 1.29 is 19.7 Å². The SMILES string of the molecule is O=C(O)COc1c(Br)cc(I)cc1CO. The molecule has 2 N–H and O–H groups in total. The van der Waals surface area contributed by atoms with Crippen LogP contribution in [-0.4, -0.2) is 22.8 Å². The van der Waals surface area contributed by atoms with Gasteiger partial charge in [0.05, 0.1) is 11.1 Å². The quantitative estimate of drug-likeness (QED) is 0.777. The van der Waals surface area contributed by atoms with Gasteiger partial charge in [-0.2, -0.15) is 0 Å². The highest BCUT2D eigenvalue weighted by atomic mass is 127. The summed E-state index contributed by atoms with van der Waals surface area (Å²) in [4.78, 5) is 10.3. The normalized spacial score (nSPS) is 10.1. The number of rotatable bonds is 4. The minimum atomic E-state index is -1.05. The molecule has 82 valence electrons. The smallest absolute Gasteiger partial charge is 0.341 e. The molecule has 0 atom stereocenters. The van der Waals surface area contributed by atoms with Crippen molar-refractivity contribution in [3.63, 3.8) is 0 Å². The molecule has 0 amide bonds. The number of carboxylic acid groups (broad SMARTS) is 1. The van der Waals surface area contributed by atoms with E-state index >= 15 is 0 Å². The molecule has 0 spiro atoms. The van der Waals surface area contributed by atoms with Crippen LogP contribution in [-0.2, 0) is 11.4 Å². The number of carbonyl (C=O) groups is 1. The van der Waals surface area contributed by atoms with Crippen LogP contribution in [0.25, 0.3) is 0 Å². The summed E-state index contributed by atoms with van der Waals surface area (Å²) in [5.41, 5.74) is 0.565. The second kappa shape index (κ2) is 5.66. The molecule has 4 nitrogen and oxygen atoms in total. The first-order valence-electron chi connectivity index (χ1n) is 3.98. The van der Waals surface area contributed by atoms with Gasteiger partial charge in [-0.1, -0.05) is 0 Å². The van der Waals surface area contributed by atoms with Gasteiger partial charge in [-0.05, 0) is 50.7 Å². The minimum absolute atomic E-state index is 0.190. The summed E-state index contributed by atoms with van der Waals surface area (Å²) in [6, 6.07) is 3.53. The molecule has 0 aliphatic carbocycles. The lowest BCUT2D eigenvalue weighted by Gasteiger charge is -2.10. The number of ether oxygens (including phenoxy) is 1. The third-order valence-electron chi connectivity index (χ3n) is 1.60. The lowest BCUT2D eigenvalue weighted by molar-refractivity contribution is -0.139. The maximum atomic E-state index is 10.3. The van der Waals surface area contributed by atoms with Gasteiger partial charge < -0.3 is 14.9 Å². The molecule has 15 heavy (non-hydrogen) atoms. The van der Waals surface area contributed by atoms with Gasteiger partial charge in [-0.3, -0.25) is 0 Å². The molecule has 0 aliphatic rings. The number of benzene rings is 1. The van der Waals surface area contributed by atoms with E-state index in [1.165, 1.54) is 0 Å². The van der Waals surface area contributed by atoms with Gasteiger partial charge in [-0.25, -0.2) is 4.79 Å². The summed E-state index contributed by atoms with van der Waals surface area (Å²) >= 11 is 5.35. The van der Waals surface area contributed by atoms with Crippen LogP contribution in [0.3, 0.4) is 0 Å². The lowest BCUT2D eigenvalue weighted by atomic mass is 10.2. The van der Waals surface area contributed by atoms with Gasteiger partial charge in [-0.15, -0.1) is 0 Å². The molecule has 1 rings (SSSR count). The predicted molar refractivity (Wildman–Crippen MR) is 65.9 cm³/mol. The summed E-state index contributed by atoms with van der Waals surface area (Å²) in [6.45, 7) is -0.614. The monoisotopic (exact) mass is 386 g/mol. The Kier molecular flexibility index (Phi) is 4.81. The second-order valence-electron chi connectivity index (χ2n) is 2.72. The molecule has 0 heterocycles. The highest BCUT2D eigenvalue weighted by Crippen LogP contribution is 2.31. The van der Waals surface area contributed by atoms with Crippen molar-refractivity contribution in [2.24, 2.45) is 0 Å². The van der Waals surface area contributed by atoms with Crippen LogP contribution >= 0.6 is 38.5 Å². The van der Waals surface area contributed by atoms with Crippen LogP contribution < -0.4 is 4.74 Å². The van der Waals surface area contributed by atoms with Crippen molar-refractivity contribution in [2.75, 3.05) is 6.61 Å². The van der Waals surface area contributed by atoms with Crippen LogP contribution in [0, 0.1) is 3.57 Å². The van der Waals surface area contributed by atoms with Crippen LogP contribution in [0.1, 0.15) is 5.56 Å². The molecule has 1 aromatic carbocycles. The Hall–Kier alpha value is -0.340. The zero-order chi connectivity index (χ0) is 11.4. The van der Waals surface area contributed by atoms with E-state index in [9.17, 15) is 4.79 Å². The second-order valence-corrected chi connectivity index (χ2v) is 4.82. The highest BCUT2D eigenvalue weighted by Gasteiger charge is 2.10. The van der Waals surface area contributed by atoms with Gasteiger partial charge in [0, 0.05) is 9.13 Å². The fourth-order valence-corrected chi connectivity index (χ4v) is 2.76. The fourth-order valence-electron chi connectivity index (χ4n) is 1.03. The minimum Gasteiger partial charge on any atom is -0.480 e. The molecule has 0 radical (unpaired) electrons.